The molecule has 0 rings (SSSR count). The average molecular weight is 425 g/mol. The molecule has 0 bridgehead atoms. The lowest BCUT2D eigenvalue weighted by molar-refractivity contribution is -0.110. The van der Waals surface area contributed by atoms with Crippen LogP contribution in [0.4, 0.5) is 0 Å². The molecule has 0 heterocycles. The van der Waals surface area contributed by atoms with Gasteiger partial charge in [-0.3, -0.25) is 4.79 Å². The van der Waals surface area contributed by atoms with Crippen molar-refractivity contribution < 1.29 is 29.3 Å². The van der Waals surface area contributed by atoms with Gasteiger partial charge in [-0.05, 0) is 33.2 Å². The van der Waals surface area contributed by atoms with Gasteiger partial charge in [0.1, 0.15) is 6.29 Å². The fourth-order valence-electron chi connectivity index (χ4n) is 1.23. The summed E-state index contributed by atoms with van der Waals surface area (Å²) < 4.78 is 11.3. The fraction of sp³-hybridized carbons (Fsp3) is 0.905. The number of ether oxygens (including phenoxy) is 2. The van der Waals surface area contributed by atoms with Crippen LogP contribution in [-0.2, 0) is 19.1 Å². The number of aliphatic hydroxyl groups is 2. The van der Waals surface area contributed by atoms with Crippen LogP contribution < -0.4 is 10.6 Å². The molecule has 0 aromatic rings. The summed E-state index contributed by atoms with van der Waals surface area (Å²) in [6.07, 6.45) is 4.73. The maximum Gasteiger partial charge on any atom is 0.207 e. The van der Waals surface area contributed by atoms with Crippen LogP contribution in [0.1, 0.15) is 60.8 Å². The zero-order valence-corrected chi connectivity index (χ0v) is 19.8. The number of hydrogen-bond acceptors (Lipinski definition) is 7. The monoisotopic (exact) mass is 424 g/mol. The highest BCUT2D eigenvalue weighted by Crippen LogP contribution is 2.11. The van der Waals surface area contributed by atoms with E-state index in [0.717, 1.165) is 26.2 Å². The number of amides is 1. The van der Waals surface area contributed by atoms with Gasteiger partial charge in [0.2, 0.25) is 6.41 Å². The van der Waals surface area contributed by atoms with Gasteiger partial charge in [0.15, 0.2) is 0 Å². The summed E-state index contributed by atoms with van der Waals surface area (Å²) in [4.78, 5) is 18.3. The Morgan fingerprint density at radius 1 is 1.03 bits per heavy atom. The lowest BCUT2D eigenvalue weighted by atomic mass is 10.1. The quantitative estimate of drug-likeness (QED) is 0.248. The predicted octanol–water partition coefficient (Wildman–Crippen LogP) is 1.77. The first-order valence-electron chi connectivity index (χ1n) is 10.4. The number of rotatable bonds is 14. The number of carbonyl (C=O) groups excluding carboxylic acids is 2. The highest BCUT2D eigenvalue weighted by molar-refractivity contribution is 5.49. The van der Waals surface area contributed by atoms with Crippen LogP contribution in [0.3, 0.4) is 0 Å². The molecule has 0 aromatic heterocycles. The third-order valence-corrected chi connectivity index (χ3v) is 3.05. The van der Waals surface area contributed by atoms with E-state index in [2.05, 4.69) is 52.2 Å². The van der Waals surface area contributed by atoms with Gasteiger partial charge in [0.25, 0.3) is 0 Å². The molecule has 0 saturated heterocycles. The molecule has 4 N–H and O–H groups in total. The van der Waals surface area contributed by atoms with E-state index in [1.54, 1.807) is 0 Å². The first-order valence-corrected chi connectivity index (χ1v) is 10.4. The summed E-state index contributed by atoms with van der Waals surface area (Å²) >= 11 is 0. The van der Waals surface area contributed by atoms with E-state index in [9.17, 15) is 4.79 Å². The molecule has 178 valence electrons. The van der Waals surface area contributed by atoms with Crippen molar-refractivity contribution >= 4 is 12.7 Å². The van der Waals surface area contributed by atoms with Crippen LogP contribution in [0.25, 0.3) is 0 Å². The minimum Gasteiger partial charge on any atom is -0.395 e. The van der Waals surface area contributed by atoms with Crippen LogP contribution in [0.15, 0.2) is 0 Å². The van der Waals surface area contributed by atoms with Gasteiger partial charge >= 0.3 is 0 Å². The molecule has 8 nitrogen and oxygen atoms in total. The van der Waals surface area contributed by atoms with Crippen LogP contribution >= 0.6 is 0 Å². The molecule has 0 atom stereocenters. The summed E-state index contributed by atoms with van der Waals surface area (Å²) in [6.45, 7) is 16.0. The summed E-state index contributed by atoms with van der Waals surface area (Å²) in [5.41, 5.74) is -0.164. The van der Waals surface area contributed by atoms with E-state index < -0.39 is 0 Å². The maximum absolute atomic E-state index is 9.34. The van der Waals surface area contributed by atoms with Gasteiger partial charge in [-0.15, -0.1) is 0 Å². The average Bonchev–Trinajstić information content (AvgIpc) is 2.70. The fourth-order valence-corrected chi connectivity index (χ4v) is 1.23. The number of aliphatic hydroxyl groups excluding tert-OH is 2. The summed E-state index contributed by atoms with van der Waals surface area (Å²) in [7, 11) is 1.92. The van der Waals surface area contributed by atoms with Gasteiger partial charge in [0, 0.05) is 19.7 Å². The van der Waals surface area contributed by atoms with E-state index in [0.29, 0.717) is 31.8 Å². The van der Waals surface area contributed by atoms with Gasteiger partial charge in [0.05, 0.1) is 32.0 Å². The summed E-state index contributed by atoms with van der Waals surface area (Å²) in [5.74, 6) is 0.700. The number of unbranched alkanes of at least 4 members (excludes halogenated alkanes) is 1. The van der Waals surface area contributed by atoms with Crippen molar-refractivity contribution in [1.29, 1.82) is 0 Å². The molecule has 0 aliphatic carbocycles. The Morgan fingerprint density at radius 3 is 1.90 bits per heavy atom. The third kappa shape index (κ3) is 52.1. The Bertz CT molecular complexity index is 301. The number of aldehydes is 1. The number of hydrogen-bond donors (Lipinski definition) is 4. The second kappa shape index (κ2) is 31.6. The molecule has 0 saturated carbocycles. The molecule has 0 aliphatic rings. The van der Waals surface area contributed by atoms with E-state index in [4.69, 9.17) is 24.5 Å². The van der Waals surface area contributed by atoms with E-state index in [1.165, 1.54) is 12.8 Å². The molecule has 0 radical (unpaired) electrons. The van der Waals surface area contributed by atoms with Crippen molar-refractivity contribution in [2.75, 3.05) is 53.2 Å². The van der Waals surface area contributed by atoms with Crippen molar-refractivity contribution in [1.82, 2.24) is 10.6 Å². The Kier molecular flexibility index (Phi) is 38.6. The van der Waals surface area contributed by atoms with Gasteiger partial charge in [-0.1, -0.05) is 40.5 Å². The lowest BCUT2D eigenvalue weighted by Gasteiger charge is -2.25. The zero-order valence-electron chi connectivity index (χ0n) is 19.8. The van der Waals surface area contributed by atoms with Gasteiger partial charge < -0.3 is 35.1 Å². The van der Waals surface area contributed by atoms with Crippen LogP contribution in [-0.4, -0.2) is 81.7 Å². The molecule has 0 aromatic carbocycles. The largest absolute Gasteiger partial charge is 0.395 e. The molecule has 1 amide bonds. The maximum atomic E-state index is 9.34. The number of nitrogens with one attached hydrogen (secondary N) is 2. The lowest BCUT2D eigenvalue weighted by Crippen LogP contribution is -2.32. The van der Waals surface area contributed by atoms with Crippen LogP contribution in [0.5, 0.6) is 0 Å². The Morgan fingerprint density at radius 2 is 1.59 bits per heavy atom. The minimum atomic E-state index is -0.361. The topological polar surface area (TPSA) is 117 Å². The van der Waals surface area contributed by atoms with Crippen molar-refractivity contribution in [3.05, 3.63) is 0 Å². The first-order chi connectivity index (χ1) is 13.7. The first kappa shape index (κ1) is 35.4. The Balaban J connectivity index is -0.000000182. The van der Waals surface area contributed by atoms with Crippen LogP contribution in [0.2, 0.25) is 0 Å². The Hall–Kier alpha value is -1.06. The van der Waals surface area contributed by atoms with Gasteiger partial charge in [-0.2, -0.15) is 0 Å². The van der Waals surface area contributed by atoms with Crippen molar-refractivity contribution in [3.63, 3.8) is 0 Å². The smallest absolute Gasteiger partial charge is 0.207 e. The van der Waals surface area contributed by atoms with E-state index in [-0.39, 0.29) is 18.8 Å². The SMILES string of the molecule is CCCC.CNCCOCC(C)(C)OCCC(C)C.O=CCO.O=CNCCO. The summed E-state index contributed by atoms with van der Waals surface area (Å²) in [5, 5.41) is 20.8. The predicted molar refractivity (Wildman–Crippen MR) is 119 cm³/mol. The Labute approximate surface area is 178 Å². The molecular formula is C21H48N2O6. The number of carbonyl (C=O) groups is 2. The second-order valence-corrected chi connectivity index (χ2v) is 7.09. The van der Waals surface area contributed by atoms with Crippen molar-refractivity contribution in [3.8, 4) is 0 Å². The molecule has 29 heavy (non-hydrogen) atoms. The summed E-state index contributed by atoms with van der Waals surface area (Å²) in [6, 6.07) is 0. The molecule has 0 spiro atoms. The third-order valence-electron chi connectivity index (χ3n) is 3.05. The standard InChI is InChI=1S/C12H27NO2.C4H10.C3H7NO2.C2H4O2/c1-11(2)6-8-15-12(3,4)10-14-9-7-13-5;1-3-4-2;5-2-1-4-3-6;3-1-2-4/h11,13H,6-10H2,1-5H3;3-4H2,1-2H3;3,5H,1-2H2,(H,4,6);1,4H,2H2. The second-order valence-electron chi connectivity index (χ2n) is 7.09. The normalized spacial score (nSPS) is 9.86. The highest BCUT2D eigenvalue weighted by atomic mass is 16.5. The number of likely N-dealkylation sites (N-methyl/N-ethyl adjacent to an activating group) is 1. The molecular weight excluding hydrogens is 376 g/mol. The highest BCUT2D eigenvalue weighted by Gasteiger charge is 2.18. The molecule has 0 fully saturated rings. The van der Waals surface area contributed by atoms with Crippen molar-refractivity contribution in [2.45, 2.75) is 66.4 Å². The zero-order chi connectivity index (χ0) is 23.4. The molecule has 0 aliphatic heterocycles. The minimum absolute atomic E-state index is 0.0126. The van der Waals surface area contributed by atoms with Crippen LogP contribution in [0, 0.1) is 5.92 Å². The van der Waals surface area contributed by atoms with Gasteiger partial charge in [-0.25, -0.2) is 0 Å². The van der Waals surface area contributed by atoms with Crippen molar-refractivity contribution in [2.24, 2.45) is 5.92 Å². The van der Waals surface area contributed by atoms with E-state index >= 15 is 0 Å². The van der Waals surface area contributed by atoms with E-state index in [1.807, 2.05) is 7.05 Å². The molecule has 0 unspecified atom stereocenters. The molecule has 8 heteroatoms.